The molecule has 1 saturated heterocycles. The lowest BCUT2D eigenvalue weighted by Gasteiger charge is -2.28. The summed E-state index contributed by atoms with van der Waals surface area (Å²) >= 11 is 0. The maximum absolute atomic E-state index is 12.9. The summed E-state index contributed by atoms with van der Waals surface area (Å²) in [6.07, 6.45) is 2.30. The zero-order chi connectivity index (χ0) is 26.3. The van der Waals surface area contributed by atoms with Crippen LogP contribution in [0.5, 0.6) is 0 Å². The van der Waals surface area contributed by atoms with Crippen molar-refractivity contribution in [2.75, 3.05) is 13.2 Å². The lowest BCUT2D eigenvalue weighted by Crippen LogP contribution is -2.34. The molecule has 6 atom stereocenters. The minimum Gasteiger partial charge on any atom is -0.460 e. The van der Waals surface area contributed by atoms with Gasteiger partial charge in [0, 0.05) is 12.0 Å². The Bertz CT molecular complexity index is 914. The van der Waals surface area contributed by atoms with E-state index in [0.29, 0.717) is 18.4 Å². The van der Waals surface area contributed by atoms with Crippen molar-refractivity contribution in [1.29, 1.82) is 0 Å². The van der Waals surface area contributed by atoms with E-state index in [-0.39, 0.29) is 30.1 Å². The van der Waals surface area contributed by atoms with E-state index >= 15 is 0 Å². The van der Waals surface area contributed by atoms with E-state index in [2.05, 4.69) is 6.58 Å². The number of hydrogen-bond acceptors (Lipinski definition) is 9. The van der Waals surface area contributed by atoms with E-state index in [0.717, 1.165) is 5.57 Å². The number of esters is 3. The molecule has 35 heavy (non-hydrogen) atoms. The molecule has 0 aromatic heterocycles. The highest BCUT2D eigenvalue weighted by molar-refractivity contribution is 5.92. The van der Waals surface area contributed by atoms with Crippen molar-refractivity contribution in [3.63, 3.8) is 0 Å². The average Bonchev–Trinajstić information content (AvgIpc) is 3.10. The van der Waals surface area contributed by atoms with Crippen LogP contribution in [0.1, 0.15) is 47.0 Å². The molecule has 1 aliphatic carbocycles. The van der Waals surface area contributed by atoms with Crippen LogP contribution in [-0.4, -0.2) is 70.9 Å². The van der Waals surface area contributed by atoms with Gasteiger partial charge < -0.3 is 29.5 Å². The highest BCUT2D eigenvalue weighted by Gasteiger charge is 2.44. The highest BCUT2D eigenvalue weighted by Crippen LogP contribution is 2.36. The molecule has 4 unspecified atom stereocenters. The predicted octanol–water partition coefficient (Wildman–Crippen LogP) is 1.91. The third-order valence-corrected chi connectivity index (χ3v) is 6.50. The summed E-state index contributed by atoms with van der Waals surface area (Å²) in [5.74, 6) is -3.23. The van der Waals surface area contributed by atoms with Crippen molar-refractivity contribution < 1.29 is 43.9 Å². The van der Waals surface area contributed by atoms with Gasteiger partial charge in [0.15, 0.2) is 6.10 Å². The fraction of sp³-hybridized carbons (Fsp3) is 0.577. The number of carbonyl (C=O) groups excluding carboxylic acids is 3. The SMILES string of the molecule is C=C1C(=O)O[C@@H]2/C=C(/C)C(O)C/C=C(/C)CC(OC(=O)/C(=C/COC(=O)C(O)C(C)CC)CO)[C@@H]12. The van der Waals surface area contributed by atoms with Gasteiger partial charge in [0.25, 0.3) is 0 Å². The molecule has 194 valence electrons. The molecule has 0 radical (unpaired) electrons. The third kappa shape index (κ3) is 7.37. The molecule has 3 N–H and O–H groups in total. The summed E-state index contributed by atoms with van der Waals surface area (Å²) in [6.45, 7) is 9.93. The van der Waals surface area contributed by atoms with Crippen LogP contribution in [0.2, 0.25) is 0 Å². The van der Waals surface area contributed by atoms with Crippen LogP contribution in [0, 0.1) is 11.8 Å². The topological polar surface area (TPSA) is 140 Å². The average molecular weight is 493 g/mol. The van der Waals surface area contributed by atoms with Gasteiger partial charge >= 0.3 is 17.9 Å². The lowest BCUT2D eigenvalue weighted by molar-refractivity contribution is -0.155. The molecular weight excluding hydrogens is 456 g/mol. The number of carbonyl (C=O) groups is 3. The zero-order valence-corrected chi connectivity index (χ0v) is 20.7. The normalized spacial score (nSPS) is 30.1. The van der Waals surface area contributed by atoms with Gasteiger partial charge in [-0.25, -0.2) is 14.4 Å². The molecule has 0 aromatic carbocycles. The summed E-state index contributed by atoms with van der Waals surface area (Å²) in [7, 11) is 0. The molecule has 1 heterocycles. The number of ether oxygens (including phenoxy) is 3. The second-order valence-electron chi connectivity index (χ2n) is 9.13. The summed E-state index contributed by atoms with van der Waals surface area (Å²) < 4.78 is 16.1. The van der Waals surface area contributed by atoms with E-state index in [1.54, 1.807) is 19.9 Å². The fourth-order valence-corrected chi connectivity index (χ4v) is 3.88. The van der Waals surface area contributed by atoms with Gasteiger partial charge in [0.1, 0.15) is 18.8 Å². The number of aliphatic hydroxyl groups excluding tert-OH is 3. The summed E-state index contributed by atoms with van der Waals surface area (Å²) in [5.41, 5.74) is 1.48. The number of hydrogen-bond donors (Lipinski definition) is 3. The molecule has 0 bridgehead atoms. The minimum absolute atomic E-state index is 0.135. The van der Waals surface area contributed by atoms with Gasteiger partial charge in [-0.1, -0.05) is 38.5 Å². The minimum atomic E-state index is -1.28. The number of aliphatic hydroxyl groups is 3. The zero-order valence-electron chi connectivity index (χ0n) is 20.7. The van der Waals surface area contributed by atoms with Gasteiger partial charge in [-0.05, 0) is 43.9 Å². The van der Waals surface area contributed by atoms with E-state index in [4.69, 9.17) is 14.2 Å². The summed E-state index contributed by atoms with van der Waals surface area (Å²) in [4.78, 5) is 37.1. The van der Waals surface area contributed by atoms with E-state index in [9.17, 15) is 29.7 Å². The van der Waals surface area contributed by atoms with Crippen molar-refractivity contribution in [3.8, 4) is 0 Å². The highest BCUT2D eigenvalue weighted by atomic mass is 16.6. The largest absolute Gasteiger partial charge is 0.460 e. The van der Waals surface area contributed by atoms with Crippen molar-refractivity contribution in [2.45, 2.75) is 71.4 Å². The molecule has 2 rings (SSSR count). The van der Waals surface area contributed by atoms with E-state index in [1.807, 2.05) is 19.9 Å². The van der Waals surface area contributed by atoms with E-state index in [1.165, 1.54) is 6.08 Å². The Kier molecular flexibility index (Phi) is 10.4. The number of fused-ring (bicyclic) bond motifs is 1. The Balaban J connectivity index is 2.21. The van der Waals surface area contributed by atoms with Gasteiger partial charge in [-0.15, -0.1) is 0 Å². The Morgan fingerprint density at radius 1 is 1.34 bits per heavy atom. The Hall–Kier alpha value is -2.75. The standard InChI is InChI=1S/C26H36O9/c1-6-15(3)23(29)26(32)33-10-9-18(13-27)25(31)35-20-11-14(2)7-8-19(28)16(4)12-21-22(20)17(5)24(30)34-21/h7,9,12,15,19-23,27-29H,5-6,8,10-11,13H2,1-4H3/b14-7-,16-12-,18-9+/t15?,19?,20?,21-,22-,23?/m1/s1. The second kappa shape index (κ2) is 12.8. The first-order valence-corrected chi connectivity index (χ1v) is 11.8. The van der Waals surface area contributed by atoms with Gasteiger partial charge in [0.2, 0.25) is 0 Å². The maximum Gasteiger partial charge on any atom is 0.336 e. The first-order chi connectivity index (χ1) is 16.5. The van der Waals surface area contributed by atoms with E-state index < -0.39 is 54.8 Å². The van der Waals surface area contributed by atoms with Crippen molar-refractivity contribution in [1.82, 2.24) is 0 Å². The molecule has 9 heteroatoms. The van der Waals surface area contributed by atoms with Crippen LogP contribution in [0.15, 0.2) is 47.1 Å². The van der Waals surface area contributed by atoms with Crippen molar-refractivity contribution >= 4 is 17.9 Å². The molecule has 0 aromatic rings. The smallest absolute Gasteiger partial charge is 0.336 e. The molecule has 0 amide bonds. The number of rotatable bonds is 8. The summed E-state index contributed by atoms with van der Waals surface area (Å²) in [5, 5.41) is 30.0. The van der Waals surface area contributed by atoms with Gasteiger partial charge in [-0.3, -0.25) is 0 Å². The van der Waals surface area contributed by atoms with Crippen LogP contribution >= 0.6 is 0 Å². The first-order valence-electron chi connectivity index (χ1n) is 11.8. The van der Waals surface area contributed by atoms with Gasteiger partial charge in [0.05, 0.1) is 24.2 Å². The van der Waals surface area contributed by atoms with Crippen LogP contribution in [0.3, 0.4) is 0 Å². The Labute approximate surface area is 205 Å². The monoisotopic (exact) mass is 492 g/mol. The lowest BCUT2D eigenvalue weighted by atomic mass is 9.85. The molecular formula is C26H36O9. The van der Waals surface area contributed by atoms with Crippen LogP contribution in [0.4, 0.5) is 0 Å². The molecule has 0 saturated carbocycles. The quantitative estimate of drug-likeness (QED) is 0.201. The van der Waals surface area contributed by atoms with Crippen molar-refractivity contribution in [3.05, 3.63) is 47.1 Å². The maximum atomic E-state index is 12.9. The second-order valence-corrected chi connectivity index (χ2v) is 9.13. The predicted molar refractivity (Wildman–Crippen MR) is 127 cm³/mol. The van der Waals surface area contributed by atoms with Crippen molar-refractivity contribution in [2.24, 2.45) is 11.8 Å². The molecule has 1 fully saturated rings. The van der Waals surface area contributed by atoms with Crippen LogP contribution in [-0.2, 0) is 28.6 Å². The molecule has 1 aliphatic heterocycles. The first kappa shape index (κ1) is 28.5. The van der Waals surface area contributed by atoms with Crippen LogP contribution in [0.25, 0.3) is 0 Å². The molecule has 2 aliphatic rings. The van der Waals surface area contributed by atoms with Gasteiger partial charge in [-0.2, -0.15) is 0 Å². The fourth-order valence-electron chi connectivity index (χ4n) is 3.88. The summed E-state index contributed by atoms with van der Waals surface area (Å²) in [6, 6.07) is 0. The third-order valence-electron chi connectivity index (χ3n) is 6.50. The van der Waals surface area contributed by atoms with Crippen LogP contribution < -0.4 is 0 Å². The Morgan fingerprint density at radius 3 is 2.66 bits per heavy atom. The molecule has 0 spiro atoms. The molecule has 9 nitrogen and oxygen atoms in total. The Morgan fingerprint density at radius 2 is 2.03 bits per heavy atom.